The number of rotatable bonds is 7. The second-order valence-electron chi connectivity index (χ2n) is 6.06. The summed E-state index contributed by atoms with van der Waals surface area (Å²) in [4.78, 5) is 35.8. The van der Waals surface area contributed by atoms with E-state index >= 15 is 0 Å². The highest BCUT2D eigenvalue weighted by Crippen LogP contribution is 2.28. The van der Waals surface area contributed by atoms with Gasteiger partial charge in [-0.2, -0.15) is 0 Å². The van der Waals surface area contributed by atoms with Crippen LogP contribution in [-0.2, 0) is 14.3 Å². The summed E-state index contributed by atoms with van der Waals surface area (Å²) in [5.74, 6) is -1.35. The lowest BCUT2D eigenvalue weighted by molar-refractivity contribution is -0.154. The van der Waals surface area contributed by atoms with E-state index in [1.807, 2.05) is 60.7 Å². The van der Waals surface area contributed by atoms with E-state index in [4.69, 9.17) is 4.74 Å². The number of carbonyl (C=O) groups excluding carboxylic acids is 3. The van der Waals surface area contributed by atoms with Crippen LogP contribution in [0.4, 0.5) is 4.79 Å². The van der Waals surface area contributed by atoms with Gasteiger partial charge in [-0.3, -0.25) is 14.9 Å². The van der Waals surface area contributed by atoms with Gasteiger partial charge in [0.25, 0.3) is 5.91 Å². The molecule has 27 heavy (non-hydrogen) atoms. The third-order valence-electron chi connectivity index (χ3n) is 4.03. The zero-order valence-corrected chi connectivity index (χ0v) is 15.5. The van der Waals surface area contributed by atoms with Gasteiger partial charge in [0.2, 0.25) is 0 Å². The quantitative estimate of drug-likeness (QED) is 0.736. The van der Waals surface area contributed by atoms with Crippen molar-refractivity contribution < 1.29 is 19.1 Å². The molecule has 0 heterocycles. The fourth-order valence-electron chi connectivity index (χ4n) is 2.68. The minimum Gasteiger partial charge on any atom is -0.453 e. The predicted octanol–water partition coefficient (Wildman–Crippen LogP) is 2.99. The second kappa shape index (κ2) is 10.1. The molecule has 142 valence electrons. The van der Waals surface area contributed by atoms with Gasteiger partial charge in [-0.25, -0.2) is 4.79 Å². The third-order valence-corrected chi connectivity index (χ3v) is 4.03. The van der Waals surface area contributed by atoms with Gasteiger partial charge in [-0.1, -0.05) is 60.7 Å². The van der Waals surface area contributed by atoms with Crippen molar-refractivity contribution in [3.05, 3.63) is 71.8 Å². The van der Waals surface area contributed by atoms with E-state index in [0.717, 1.165) is 11.1 Å². The van der Waals surface area contributed by atoms with E-state index in [-0.39, 0.29) is 12.3 Å². The smallest absolute Gasteiger partial charge is 0.321 e. The van der Waals surface area contributed by atoms with Crippen molar-refractivity contribution in [3.63, 3.8) is 0 Å². The number of ether oxygens (including phenoxy) is 1. The molecule has 0 aliphatic heterocycles. The van der Waals surface area contributed by atoms with E-state index < -0.39 is 24.0 Å². The molecule has 2 aromatic carbocycles. The van der Waals surface area contributed by atoms with Gasteiger partial charge in [-0.05, 0) is 25.0 Å². The Labute approximate surface area is 158 Å². The minimum absolute atomic E-state index is 0.0901. The Hall–Kier alpha value is -3.15. The zero-order valence-electron chi connectivity index (χ0n) is 15.5. The Kier molecular flexibility index (Phi) is 7.55. The average Bonchev–Trinajstić information content (AvgIpc) is 2.67. The van der Waals surface area contributed by atoms with Crippen molar-refractivity contribution in [3.8, 4) is 0 Å². The van der Waals surface area contributed by atoms with E-state index in [1.54, 1.807) is 6.92 Å². The summed E-state index contributed by atoms with van der Waals surface area (Å²) in [7, 11) is 0. The lowest BCUT2D eigenvalue weighted by atomic mass is 9.88. The monoisotopic (exact) mass is 368 g/mol. The first-order valence-corrected chi connectivity index (χ1v) is 8.89. The Morgan fingerprint density at radius 2 is 1.44 bits per heavy atom. The lowest BCUT2D eigenvalue weighted by Gasteiger charge is -2.19. The number of imide groups is 1. The largest absolute Gasteiger partial charge is 0.453 e. The van der Waals surface area contributed by atoms with Crippen LogP contribution in [0.5, 0.6) is 0 Å². The molecule has 1 atom stereocenters. The summed E-state index contributed by atoms with van der Waals surface area (Å²) < 4.78 is 5.23. The van der Waals surface area contributed by atoms with E-state index in [9.17, 15) is 14.4 Å². The van der Waals surface area contributed by atoms with Crippen LogP contribution in [0.25, 0.3) is 0 Å². The molecule has 2 aromatic rings. The maximum atomic E-state index is 12.4. The first kappa shape index (κ1) is 20.2. The molecule has 0 aliphatic rings. The van der Waals surface area contributed by atoms with Crippen LogP contribution in [0.1, 0.15) is 37.3 Å². The number of nitrogens with one attached hydrogen (secondary N) is 2. The number of hydrogen-bond acceptors (Lipinski definition) is 4. The molecule has 6 heteroatoms. The van der Waals surface area contributed by atoms with Crippen molar-refractivity contribution in [2.45, 2.75) is 32.3 Å². The van der Waals surface area contributed by atoms with Gasteiger partial charge >= 0.3 is 12.0 Å². The van der Waals surface area contributed by atoms with Gasteiger partial charge < -0.3 is 10.1 Å². The molecule has 0 aliphatic carbocycles. The van der Waals surface area contributed by atoms with Crippen LogP contribution < -0.4 is 10.6 Å². The van der Waals surface area contributed by atoms with Crippen molar-refractivity contribution in [1.82, 2.24) is 10.6 Å². The Balaban J connectivity index is 2.04. The lowest BCUT2D eigenvalue weighted by Crippen LogP contribution is -2.44. The fraction of sp³-hybridized carbons (Fsp3) is 0.286. The molecule has 2 N–H and O–H groups in total. The Morgan fingerprint density at radius 1 is 0.926 bits per heavy atom. The van der Waals surface area contributed by atoms with Crippen LogP contribution in [0.3, 0.4) is 0 Å². The maximum absolute atomic E-state index is 12.4. The second-order valence-corrected chi connectivity index (χ2v) is 6.06. The number of amides is 3. The molecule has 0 fully saturated rings. The molecule has 6 nitrogen and oxygen atoms in total. The fourth-order valence-corrected chi connectivity index (χ4v) is 2.68. The van der Waals surface area contributed by atoms with Crippen molar-refractivity contribution >= 4 is 17.9 Å². The molecule has 0 aromatic heterocycles. The van der Waals surface area contributed by atoms with Crippen molar-refractivity contribution in [2.75, 3.05) is 6.54 Å². The summed E-state index contributed by atoms with van der Waals surface area (Å²) in [6.07, 6.45) is -0.973. The van der Waals surface area contributed by atoms with Crippen molar-refractivity contribution in [1.29, 1.82) is 0 Å². The highest BCUT2D eigenvalue weighted by molar-refractivity contribution is 5.97. The summed E-state index contributed by atoms with van der Waals surface area (Å²) in [5, 5.41) is 4.58. The normalized spacial score (nSPS) is 11.5. The van der Waals surface area contributed by atoms with E-state index in [0.29, 0.717) is 6.54 Å². The first-order valence-electron chi connectivity index (χ1n) is 8.89. The van der Waals surface area contributed by atoms with Crippen LogP contribution in [-0.4, -0.2) is 30.6 Å². The molecule has 0 spiro atoms. The molecule has 0 radical (unpaired) electrons. The summed E-state index contributed by atoms with van der Waals surface area (Å²) >= 11 is 0. The number of urea groups is 1. The Bertz CT molecular complexity index is 723. The Morgan fingerprint density at radius 3 is 1.93 bits per heavy atom. The van der Waals surface area contributed by atoms with E-state index in [1.165, 1.54) is 6.92 Å². The van der Waals surface area contributed by atoms with Crippen LogP contribution in [0.2, 0.25) is 0 Å². The summed E-state index contributed by atoms with van der Waals surface area (Å²) in [6, 6.07) is 18.7. The van der Waals surface area contributed by atoms with Crippen molar-refractivity contribution in [2.24, 2.45) is 0 Å². The van der Waals surface area contributed by atoms with Gasteiger partial charge in [0, 0.05) is 12.5 Å². The number of carbonyl (C=O) groups is 3. The summed E-state index contributed by atoms with van der Waals surface area (Å²) in [5.41, 5.74) is 1.97. The molecule has 0 saturated carbocycles. The average molecular weight is 368 g/mol. The number of esters is 1. The summed E-state index contributed by atoms with van der Waals surface area (Å²) in [6.45, 7) is 3.57. The standard InChI is InChI=1S/C21H24N2O4/c1-3-22-21(26)23-20(25)15(2)27-19(24)14-18(16-10-6-4-7-11-16)17-12-8-5-9-13-17/h4-13,15,18H,3,14H2,1-2H3,(H2,22,23,25,26)/t15-/m0/s1. The van der Waals surface area contributed by atoms with Crippen LogP contribution >= 0.6 is 0 Å². The topological polar surface area (TPSA) is 84.5 Å². The van der Waals surface area contributed by atoms with Gasteiger partial charge in [0.15, 0.2) is 6.10 Å². The molecule has 0 bridgehead atoms. The van der Waals surface area contributed by atoms with Gasteiger partial charge in [0.05, 0.1) is 6.42 Å². The predicted molar refractivity (Wildman–Crippen MR) is 102 cm³/mol. The molecule has 3 amide bonds. The van der Waals surface area contributed by atoms with Crippen LogP contribution in [0.15, 0.2) is 60.7 Å². The highest BCUT2D eigenvalue weighted by Gasteiger charge is 2.23. The number of benzene rings is 2. The minimum atomic E-state index is -1.06. The van der Waals surface area contributed by atoms with Gasteiger partial charge in [-0.15, -0.1) is 0 Å². The molecule has 0 saturated heterocycles. The van der Waals surface area contributed by atoms with Gasteiger partial charge in [0.1, 0.15) is 0 Å². The van der Waals surface area contributed by atoms with Crippen LogP contribution in [0, 0.1) is 0 Å². The first-order chi connectivity index (χ1) is 13.0. The molecule has 2 rings (SSSR count). The molecular weight excluding hydrogens is 344 g/mol. The SMILES string of the molecule is CCNC(=O)NC(=O)[C@H](C)OC(=O)CC(c1ccccc1)c1ccccc1. The van der Waals surface area contributed by atoms with E-state index in [2.05, 4.69) is 10.6 Å². The molecular formula is C21H24N2O4. The number of hydrogen-bond donors (Lipinski definition) is 2. The highest BCUT2D eigenvalue weighted by atomic mass is 16.5. The third kappa shape index (κ3) is 6.26. The molecule has 0 unspecified atom stereocenters. The zero-order chi connectivity index (χ0) is 19.6. The maximum Gasteiger partial charge on any atom is 0.321 e.